The van der Waals surface area contributed by atoms with E-state index in [1.165, 1.54) is 14.2 Å². The Hall–Kier alpha value is -2.59. The maximum absolute atomic E-state index is 13.8. The van der Waals surface area contributed by atoms with E-state index in [0.29, 0.717) is 52.8 Å². The van der Waals surface area contributed by atoms with Crippen molar-refractivity contribution >= 4 is 40.2 Å². The first-order valence-corrected chi connectivity index (χ1v) is 11.6. The van der Waals surface area contributed by atoms with Crippen LogP contribution in [0.15, 0.2) is 23.1 Å². The molecule has 1 atom stereocenters. The van der Waals surface area contributed by atoms with Crippen molar-refractivity contribution in [1.29, 1.82) is 0 Å². The van der Waals surface area contributed by atoms with E-state index in [2.05, 4.69) is 27.2 Å². The Bertz CT molecular complexity index is 1240. The highest BCUT2D eigenvalue weighted by Crippen LogP contribution is 2.45. The molecular weight excluding hydrogens is 481 g/mol. The highest BCUT2D eigenvalue weighted by Gasteiger charge is 2.24. The number of pyridine rings is 1. The number of aromatic nitrogens is 3. The van der Waals surface area contributed by atoms with Crippen molar-refractivity contribution in [3.8, 4) is 22.6 Å². The van der Waals surface area contributed by atoms with E-state index in [1.807, 2.05) is 0 Å². The summed E-state index contributed by atoms with van der Waals surface area (Å²) in [4.78, 5) is 24.8. The molecule has 0 bridgehead atoms. The SMILES string of the molecule is CNc1ncc2cc(-c3c(Cl)c(OC)cc(OC)c3Cl)c(=O)n(CCO[C@H]3CCN(C)C3)c2n1. The average Bonchev–Trinajstić information content (AvgIpc) is 3.25. The third-order valence-electron chi connectivity index (χ3n) is 5.91. The second-order valence-electron chi connectivity index (χ2n) is 8.07. The largest absolute Gasteiger partial charge is 0.495 e. The average molecular weight is 508 g/mol. The van der Waals surface area contributed by atoms with Gasteiger partial charge in [-0.1, -0.05) is 23.2 Å². The van der Waals surface area contributed by atoms with Crippen LogP contribution in [0.5, 0.6) is 11.5 Å². The number of halogens is 2. The fourth-order valence-electron chi connectivity index (χ4n) is 4.13. The molecule has 0 radical (unpaired) electrons. The molecule has 9 nitrogen and oxygen atoms in total. The Kier molecular flexibility index (Phi) is 7.47. The summed E-state index contributed by atoms with van der Waals surface area (Å²) >= 11 is 13.2. The van der Waals surface area contributed by atoms with Crippen LogP contribution in [0.25, 0.3) is 22.2 Å². The lowest BCUT2D eigenvalue weighted by Gasteiger charge is -2.18. The molecule has 0 aliphatic carbocycles. The number of likely N-dealkylation sites (tertiary alicyclic amines) is 1. The minimum atomic E-state index is -0.306. The summed E-state index contributed by atoms with van der Waals surface area (Å²) in [5.74, 6) is 1.10. The lowest BCUT2D eigenvalue weighted by molar-refractivity contribution is 0.0556. The van der Waals surface area contributed by atoms with Crippen molar-refractivity contribution in [1.82, 2.24) is 19.4 Å². The van der Waals surface area contributed by atoms with E-state index in [4.69, 9.17) is 37.4 Å². The van der Waals surface area contributed by atoms with Crippen LogP contribution in [0.3, 0.4) is 0 Å². The number of hydrogen-bond acceptors (Lipinski definition) is 8. The van der Waals surface area contributed by atoms with Crippen molar-refractivity contribution in [2.75, 3.05) is 53.3 Å². The van der Waals surface area contributed by atoms with Gasteiger partial charge in [0.15, 0.2) is 0 Å². The first-order valence-electron chi connectivity index (χ1n) is 10.9. The molecule has 2 aromatic heterocycles. The van der Waals surface area contributed by atoms with Crippen molar-refractivity contribution in [2.24, 2.45) is 0 Å². The number of nitrogens with zero attached hydrogens (tertiary/aromatic N) is 4. The highest BCUT2D eigenvalue weighted by molar-refractivity contribution is 6.41. The lowest BCUT2D eigenvalue weighted by atomic mass is 10.0. The number of methoxy groups -OCH3 is 2. The topological polar surface area (TPSA) is 90.7 Å². The highest BCUT2D eigenvalue weighted by atomic mass is 35.5. The van der Waals surface area contributed by atoms with Gasteiger partial charge in [0.25, 0.3) is 5.56 Å². The normalized spacial score (nSPS) is 16.2. The Morgan fingerprint density at radius 3 is 2.47 bits per heavy atom. The molecule has 4 rings (SSSR count). The number of hydrogen-bond donors (Lipinski definition) is 1. The summed E-state index contributed by atoms with van der Waals surface area (Å²) in [6.45, 7) is 2.53. The van der Waals surface area contributed by atoms with Crippen LogP contribution in [0.1, 0.15) is 6.42 Å². The number of ether oxygens (including phenoxy) is 3. The second-order valence-corrected chi connectivity index (χ2v) is 8.82. The van der Waals surface area contributed by atoms with Crippen LogP contribution in [-0.2, 0) is 11.3 Å². The van der Waals surface area contributed by atoms with Gasteiger partial charge in [-0.15, -0.1) is 0 Å². The van der Waals surface area contributed by atoms with Gasteiger partial charge in [0.05, 0.1) is 49.1 Å². The van der Waals surface area contributed by atoms with Gasteiger partial charge in [-0.25, -0.2) is 4.98 Å². The summed E-state index contributed by atoms with van der Waals surface area (Å²) in [6, 6.07) is 3.27. The van der Waals surface area contributed by atoms with Crippen LogP contribution in [-0.4, -0.2) is 73.6 Å². The minimum Gasteiger partial charge on any atom is -0.495 e. The summed E-state index contributed by atoms with van der Waals surface area (Å²) in [7, 11) is 6.76. The second kappa shape index (κ2) is 10.4. The molecule has 1 fully saturated rings. The van der Waals surface area contributed by atoms with Gasteiger partial charge in [0.2, 0.25) is 5.95 Å². The molecule has 0 spiro atoms. The van der Waals surface area contributed by atoms with E-state index in [9.17, 15) is 4.79 Å². The Morgan fingerprint density at radius 1 is 1.18 bits per heavy atom. The Morgan fingerprint density at radius 2 is 1.88 bits per heavy atom. The lowest BCUT2D eigenvalue weighted by Crippen LogP contribution is -2.27. The van der Waals surface area contributed by atoms with E-state index in [0.717, 1.165) is 19.5 Å². The molecule has 0 unspecified atom stereocenters. The summed E-state index contributed by atoms with van der Waals surface area (Å²) in [5.41, 5.74) is 0.805. The molecule has 3 aromatic rings. The molecule has 1 saturated heterocycles. The summed E-state index contributed by atoms with van der Waals surface area (Å²) in [6.07, 6.45) is 2.76. The zero-order valence-corrected chi connectivity index (χ0v) is 21.0. The van der Waals surface area contributed by atoms with E-state index < -0.39 is 0 Å². The number of anilines is 1. The summed E-state index contributed by atoms with van der Waals surface area (Å²) < 4.78 is 18.4. The fourth-order valence-corrected chi connectivity index (χ4v) is 4.83. The maximum atomic E-state index is 13.8. The zero-order chi connectivity index (χ0) is 24.4. The number of fused-ring (bicyclic) bond motifs is 1. The van der Waals surface area contributed by atoms with Crippen LogP contribution < -0.4 is 20.3 Å². The smallest absolute Gasteiger partial charge is 0.260 e. The predicted molar refractivity (Wildman–Crippen MR) is 134 cm³/mol. The van der Waals surface area contributed by atoms with E-state index in [-0.39, 0.29) is 21.7 Å². The monoisotopic (exact) mass is 507 g/mol. The number of likely N-dealkylation sites (N-methyl/N-ethyl adjacent to an activating group) is 1. The van der Waals surface area contributed by atoms with Gasteiger partial charge in [0.1, 0.15) is 17.1 Å². The molecule has 0 amide bonds. The van der Waals surface area contributed by atoms with Crippen LogP contribution in [0, 0.1) is 0 Å². The number of rotatable bonds is 8. The van der Waals surface area contributed by atoms with Crippen LogP contribution >= 0.6 is 23.2 Å². The first-order chi connectivity index (χ1) is 16.4. The van der Waals surface area contributed by atoms with Gasteiger partial charge in [-0.3, -0.25) is 9.36 Å². The van der Waals surface area contributed by atoms with Crippen molar-refractivity contribution in [3.05, 3.63) is 38.7 Å². The van der Waals surface area contributed by atoms with Gasteiger partial charge < -0.3 is 24.4 Å². The van der Waals surface area contributed by atoms with Crippen molar-refractivity contribution in [3.63, 3.8) is 0 Å². The predicted octanol–water partition coefficient (Wildman–Crippen LogP) is 3.54. The Balaban J connectivity index is 1.84. The number of benzene rings is 1. The number of nitrogens with one attached hydrogen (secondary N) is 1. The molecule has 11 heteroatoms. The minimum absolute atomic E-state index is 0.143. The van der Waals surface area contributed by atoms with Crippen molar-refractivity contribution < 1.29 is 14.2 Å². The third-order valence-corrected chi connectivity index (χ3v) is 6.66. The standard InChI is InChI=1S/C23H27Cl2N5O4/c1-26-23-27-11-13-9-15(18-19(24)16(32-3)10-17(33-4)20(18)25)22(31)30(21(13)28-23)7-8-34-14-5-6-29(2)12-14/h9-11,14H,5-8,12H2,1-4H3,(H,26,27,28)/t14-/m0/s1. The molecule has 1 aliphatic heterocycles. The maximum Gasteiger partial charge on any atom is 0.260 e. The quantitative estimate of drug-likeness (QED) is 0.494. The van der Waals surface area contributed by atoms with Gasteiger partial charge in [-0.05, 0) is 19.5 Å². The molecule has 1 aliphatic rings. The fraction of sp³-hybridized carbons (Fsp3) is 0.435. The molecular formula is C23H27Cl2N5O4. The van der Waals surface area contributed by atoms with E-state index >= 15 is 0 Å². The summed E-state index contributed by atoms with van der Waals surface area (Å²) in [5, 5.41) is 4.01. The van der Waals surface area contributed by atoms with Crippen LogP contribution in [0.4, 0.5) is 5.95 Å². The Labute approximate surface area is 207 Å². The van der Waals surface area contributed by atoms with Gasteiger partial charge >= 0.3 is 0 Å². The van der Waals surface area contributed by atoms with Gasteiger partial charge in [-0.2, -0.15) is 4.98 Å². The van der Waals surface area contributed by atoms with Crippen molar-refractivity contribution in [2.45, 2.75) is 19.1 Å². The molecule has 0 saturated carbocycles. The molecule has 1 aromatic carbocycles. The van der Waals surface area contributed by atoms with Gasteiger partial charge in [0, 0.05) is 43.4 Å². The molecule has 182 valence electrons. The molecule has 1 N–H and O–H groups in total. The zero-order valence-electron chi connectivity index (χ0n) is 19.5. The third kappa shape index (κ3) is 4.65. The first kappa shape index (κ1) is 24.5. The molecule has 3 heterocycles. The van der Waals surface area contributed by atoms with Crippen LogP contribution in [0.2, 0.25) is 10.0 Å². The molecule has 34 heavy (non-hydrogen) atoms. The van der Waals surface area contributed by atoms with E-state index in [1.54, 1.807) is 29.9 Å².